The van der Waals surface area contributed by atoms with Crippen LogP contribution in [0.2, 0.25) is 0 Å². The van der Waals surface area contributed by atoms with Crippen LogP contribution in [-0.4, -0.2) is 50.1 Å². The standard InChI is InChI=1S/C14H27N3O.2ClH/c1-13(2,17(3)4)10-16-12(18)11-9-14(11)5-7-15-8-6-14;;/h11,15H,5-10H2,1-4H3,(H,16,18);2*1H. The van der Waals surface area contributed by atoms with Crippen molar-refractivity contribution < 1.29 is 4.79 Å². The van der Waals surface area contributed by atoms with Crippen molar-refractivity contribution in [3.8, 4) is 0 Å². The first-order chi connectivity index (χ1) is 8.37. The number of carbonyl (C=O) groups excluding carboxylic acids is 1. The predicted molar refractivity (Wildman–Crippen MR) is 87.9 cm³/mol. The van der Waals surface area contributed by atoms with Crippen molar-refractivity contribution in [2.75, 3.05) is 33.7 Å². The summed E-state index contributed by atoms with van der Waals surface area (Å²) in [6.07, 6.45) is 3.44. The van der Waals surface area contributed by atoms with E-state index in [-0.39, 0.29) is 42.2 Å². The van der Waals surface area contributed by atoms with E-state index >= 15 is 0 Å². The van der Waals surface area contributed by atoms with Gasteiger partial charge in [0.15, 0.2) is 0 Å². The van der Waals surface area contributed by atoms with Gasteiger partial charge in [-0.2, -0.15) is 0 Å². The maximum Gasteiger partial charge on any atom is 0.223 e. The number of nitrogens with zero attached hydrogens (tertiary/aromatic N) is 1. The van der Waals surface area contributed by atoms with Crippen molar-refractivity contribution in [3.05, 3.63) is 0 Å². The molecule has 0 radical (unpaired) electrons. The summed E-state index contributed by atoms with van der Waals surface area (Å²) >= 11 is 0. The van der Waals surface area contributed by atoms with Gasteiger partial charge in [-0.05, 0) is 65.7 Å². The van der Waals surface area contributed by atoms with Crippen LogP contribution >= 0.6 is 24.8 Å². The van der Waals surface area contributed by atoms with E-state index in [1.807, 2.05) is 0 Å². The lowest BCUT2D eigenvalue weighted by molar-refractivity contribution is -0.123. The van der Waals surface area contributed by atoms with Crippen molar-refractivity contribution in [2.24, 2.45) is 11.3 Å². The van der Waals surface area contributed by atoms with Crippen LogP contribution in [0.5, 0.6) is 0 Å². The first-order valence-electron chi connectivity index (χ1n) is 7.03. The topological polar surface area (TPSA) is 44.4 Å². The molecule has 2 N–H and O–H groups in total. The second kappa shape index (κ2) is 7.30. The van der Waals surface area contributed by atoms with Crippen molar-refractivity contribution >= 4 is 30.7 Å². The van der Waals surface area contributed by atoms with Crippen molar-refractivity contribution in [1.82, 2.24) is 15.5 Å². The van der Waals surface area contributed by atoms with E-state index < -0.39 is 0 Å². The minimum absolute atomic E-state index is 0. The number of rotatable bonds is 4. The molecule has 2 rings (SSSR count). The van der Waals surface area contributed by atoms with E-state index in [2.05, 4.69) is 43.5 Å². The lowest BCUT2D eigenvalue weighted by atomic mass is 9.91. The molecule has 1 spiro atoms. The van der Waals surface area contributed by atoms with E-state index in [0.29, 0.717) is 5.41 Å². The minimum atomic E-state index is 0. The van der Waals surface area contributed by atoms with E-state index in [9.17, 15) is 4.79 Å². The molecule has 2 fully saturated rings. The van der Waals surface area contributed by atoms with Crippen LogP contribution in [0.1, 0.15) is 33.1 Å². The van der Waals surface area contributed by atoms with Gasteiger partial charge in [-0.3, -0.25) is 4.79 Å². The Kier molecular flexibility index (Phi) is 7.29. The number of piperidine rings is 1. The highest BCUT2D eigenvalue weighted by Crippen LogP contribution is 2.58. The summed E-state index contributed by atoms with van der Waals surface area (Å²) in [6, 6.07) is 0. The molecule has 1 heterocycles. The van der Waals surface area contributed by atoms with E-state index in [4.69, 9.17) is 0 Å². The van der Waals surface area contributed by atoms with Gasteiger partial charge in [0, 0.05) is 18.0 Å². The third-order valence-corrected chi connectivity index (χ3v) is 5.01. The Hall–Kier alpha value is -0.0300. The Bertz CT molecular complexity index is 328. The molecule has 0 aromatic carbocycles. The molecule has 1 unspecified atom stereocenters. The molecule has 20 heavy (non-hydrogen) atoms. The zero-order valence-electron chi connectivity index (χ0n) is 13.0. The Morgan fingerprint density at radius 1 is 1.30 bits per heavy atom. The highest BCUT2D eigenvalue weighted by atomic mass is 35.5. The molecule has 1 atom stereocenters. The first-order valence-corrected chi connectivity index (χ1v) is 7.03. The monoisotopic (exact) mass is 325 g/mol. The molecule has 6 heteroatoms. The summed E-state index contributed by atoms with van der Waals surface area (Å²) in [5, 5.41) is 6.51. The SMILES string of the molecule is CN(C)C(C)(C)CNC(=O)C1CC12CCNCC2.Cl.Cl. The van der Waals surface area contributed by atoms with Gasteiger partial charge in [0.2, 0.25) is 5.91 Å². The number of nitrogens with one attached hydrogen (secondary N) is 2. The molecule has 0 aromatic heterocycles. The highest BCUT2D eigenvalue weighted by molar-refractivity contribution is 5.85. The van der Waals surface area contributed by atoms with Crippen LogP contribution in [-0.2, 0) is 4.79 Å². The van der Waals surface area contributed by atoms with Crippen LogP contribution in [0.15, 0.2) is 0 Å². The second-order valence-electron chi connectivity index (χ2n) is 6.79. The summed E-state index contributed by atoms with van der Waals surface area (Å²) in [5.74, 6) is 0.546. The molecule has 1 aliphatic heterocycles. The summed E-state index contributed by atoms with van der Waals surface area (Å²) in [5.41, 5.74) is 0.365. The van der Waals surface area contributed by atoms with Crippen molar-refractivity contribution in [3.63, 3.8) is 0 Å². The van der Waals surface area contributed by atoms with Gasteiger partial charge in [-0.1, -0.05) is 0 Å². The quantitative estimate of drug-likeness (QED) is 0.826. The normalized spacial score (nSPS) is 23.8. The van der Waals surface area contributed by atoms with Crippen molar-refractivity contribution in [1.29, 1.82) is 0 Å². The summed E-state index contributed by atoms with van der Waals surface area (Å²) < 4.78 is 0. The minimum Gasteiger partial charge on any atom is -0.354 e. The van der Waals surface area contributed by atoms with E-state index in [1.54, 1.807) is 0 Å². The first kappa shape index (κ1) is 20.0. The Morgan fingerprint density at radius 2 is 1.85 bits per heavy atom. The van der Waals surface area contributed by atoms with Crippen LogP contribution in [0.4, 0.5) is 0 Å². The molecule has 1 amide bonds. The number of likely N-dealkylation sites (N-methyl/N-ethyl adjacent to an activating group) is 1. The van der Waals surface area contributed by atoms with Crippen LogP contribution in [0.3, 0.4) is 0 Å². The lowest BCUT2D eigenvalue weighted by Gasteiger charge is -2.33. The molecule has 0 bridgehead atoms. The molecule has 1 saturated carbocycles. The highest BCUT2D eigenvalue weighted by Gasteiger charge is 2.57. The fourth-order valence-electron chi connectivity index (χ4n) is 2.78. The summed E-state index contributed by atoms with van der Waals surface area (Å²) in [6.45, 7) is 7.19. The summed E-state index contributed by atoms with van der Waals surface area (Å²) in [4.78, 5) is 14.4. The number of hydrogen-bond acceptors (Lipinski definition) is 3. The van der Waals surface area contributed by atoms with Gasteiger partial charge in [-0.25, -0.2) is 0 Å². The maximum atomic E-state index is 12.2. The predicted octanol–water partition coefficient (Wildman–Crippen LogP) is 1.68. The van der Waals surface area contributed by atoms with E-state index in [0.717, 1.165) is 26.1 Å². The zero-order valence-corrected chi connectivity index (χ0v) is 14.6. The largest absolute Gasteiger partial charge is 0.354 e. The molecule has 4 nitrogen and oxygen atoms in total. The van der Waals surface area contributed by atoms with Crippen LogP contribution < -0.4 is 10.6 Å². The number of carbonyl (C=O) groups is 1. The lowest BCUT2D eigenvalue weighted by Crippen LogP contribution is -2.48. The molecule has 0 aromatic rings. The molecular formula is C14H29Cl2N3O. The number of hydrogen-bond donors (Lipinski definition) is 2. The smallest absolute Gasteiger partial charge is 0.223 e. The van der Waals surface area contributed by atoms with Gasteiger partial charge in [0.1, 0.15) is 0 Å². The average molecular weight is 326 g/mol. The molecule has 120 valence electrons. The molecule has 1 aliphatic carbocycles. The summed E-state index contributed by atoms with van der Waals surface area (Å²) in [7, 11) is 4.11. The van der Waals surface area contributed by atoms with Gasteiger partial charge in [0.25, 0.3) is 0 Å². The van der Waals surface area contributed by atoms with Crippen molar-refractivity contribution in [2.45, 2.75) is 38.6 Å². The second-order valence-corrected chi connectivity index (χ2v) is 6.79. The van der Waals surface area contributed by atoms with Gasteiger partial charge in [0.05, 0.1) is 0 Å². The fourth-order valence-corrected chi connectivity index (χ4v) is 2.78. The number of amides is 1. The van der Waals surface area contributed by atoms with Gasteiger partial charge in [-0.15, -0.1) is 24.8 Å². The van der Waals surface area contributed by atoms with E-state index in [1.165, 1.54) is 12.8 Å². The van der Waals surface area contributed by atoms with Gasteiger partial charge < -0.3 is 15.5 Å². The Balaban J connectivity index is 0.00000180. The average Bonchev–Trinajstić information content (AvgIpc) is 3.01. The number of halogens is 2. The van der Waals surface area contributed by atoms with Gasteiger partial charge >= 0.3 is 0 Å². The molecule has 2 aliphatic rings. The zero-order chi connectivity index (χ0) is 13.4. The molecular weight excluding hydrogens is 297 g/mol. The fraction of sp³-hybridized carbons (Fsp3) is 0.929. The van der Waals surface area contributed by atoms with Crippen LogP contribution in [0, 0.1) is 11.3 Å². The Labute approximate surface area is 135 Å². The third kappa shape index (κ3) is 4.23. The molecule has 1 saturated heterocycles. The third-order valence-electron chi connectivity index (χ3n) is 5.01. The Morgan fingerprint density at radius 3 is 2.35 bits per heavy atom. The maximum absolute atomic E-state index is 12.2. The van der Waals surface area contributed by atoms with Crippen LogP contribution in [0.25, 0.3) is 0 Å².